The van der Waals surface area contributed by atoms with Crippen LogP contribution >= 0.6 is 11.3 Å². The van der Waals surface area contributed by atoms with Crippen molar-refractivity contribution in [3.8, 4) is 0 Å². The first kappa shape index (κ1) is 15.1. The van der Waals surface area contributed by atoms with Gasteiger partial charge >= 0.3 is 0 Å². The van der Waals surface area contributed by atoms with E-state index in [4.69, 9.17) is 4.74 Å². The summed E-state index contributed by atoms with van der Waals surface area (Å²) in [5.41, 5.74) is 0. The van der Waals surface area contributed by atoms with Crippen LogP contribution in [-0.4, -0.2) is 45.7 Å². The zero-order chi connectivity index (χ0) is 14.2. The van der Waals surface area contributed by atoms with Gasteiger partial charge in [-0.25, -0.2) is 4.98 Å². The van der Waals surface area contributed by atoms with Crippen LogP contribution in [-0.2, 0) is 24.8 Å². The van der Waals surface area contributed by atoms with Gasteiger partial charge in [0.2, 0.25) is 0 Å². The monoisotopic (exact) mass is 296 g/mol. The smallest absolute Gasteiger partial charge is 0.151 e. The van der Waals surface area contributed by atoms with E-state index in [2.05, 4.69) is 15.4 Å². The van der Waals surface area contributed by atoms with Crippen molar-refractivity contribution in [1.29, 1.82) is 0 Å². The molecule has 6 nitrogen and oxygen atoms in total. The Kier molecular flexibility index (Phi) is 6.13. The number of hydrogen-bond acceptors (Lipinski definition) is 6. The van der Waals surface area contributed by atoms with E-state index >= 15 is 0 Å². The molecule has 0 saturated carbocycles. The molecule has 0 amide bonds. The van der Waals surface area contributed by atoms with Crippen LogP contribution in [0.3, 0.4) is 0 Å². The molecule has 2 N–H and O–H groups in total. The molecule has 110 valence electrons. The molecule has 2 heterocycles. The predicted octanol–water partition coefficient (Wildman–Crippen LogP) is 0.586. The number of ether oxygens (including phenoxy) is 1. The fourth-order valence-corrected chi connectivity index (χ4v) is 2.36. The van der Waals surface area contributed by atoms with E-state index in [9.17, 15) is 5.11 Å². The summed E-state index contributed by atoms with van der Waals surface area (Å²) in [7, 11) is 1.85. The molecule has 0 spiro atoms. The molecule has 2 aromatic rings. The lowest BCUT2D eigenvalue weighted by Gasteiger charge is -2.11. The van der Waals surface area contributed by atoms with Crippen molar-refractivity contribution < 1.29 is 9.84 Å². The number of aliphatic hydroxyl groups excluding tert-OH is 1. The highest BCUT2D eigenvalue weighted by Crippen LogP contribution is 2.09. The molecule has 0 bridgehead atoms. The highest BCUT2D eigenvalue weighted by Gasteiger charge is 2.05. The van der Waals surface area contributed by atoms with Crippen LogP contribution in [0.4, 0.5) is 0 Å². The van der Waals surface area contributed by atoms with Gasteiger partial charge in [0.25, 0.3) is 0 Å². The molecular formula is C13H20N4O2S. The van der Waals surface area contributed by atoms with Crippen molar-refractivity contribution in [3.05, 3.63) is 34.5 Å². The van der Waals surface area contributed by atoms with Gasteiger partial charge in [0.1, 0.15) is 6.33 Å². The summed E-state index contributed by atoms with van der Waals surface area (Å²) in [6.45, 7) is 2.16. The summed E-state index contributed by atoms with van der Waals surface area (Å²) >= 11 is 1.66. The highest BCUT2D eigenvalue weighted by atomic mass is 32.1. The van der Waals surface area contributed by atoms with Crippen LogP contribution in [0.1, 0.15) is 10.7 Å². The number of hydrogen-bond donors (Lipinski definition) is 2. The minimum Gasteiger partial charge on any atom is -0.389 e. The summed E-state index contributed by atoms with van der Waals surface area (Å²) in [6.07, 6.45) is 1.94. The van der Waals surface area contributed by atoms with Crippen LogP contribution in [0.25, 0.3) is 0 Å². The molecule has 0 saturated heterocycles. The summed E-state index contributed by atoms with van der Waals surface area (Å²) in [4.78, 5) is 5.31. The largest absolute Gasteiger partial charge is 0.389 e. The Morgan fingerprint density at radius 3 is 3.15 bits per heavy atom. The molecule has 0 fully saturated rings. The second kappa shape index (κ2) is 8.11. The first-order chi connectivity index (χ1) is 9.74. The SMILES string of the molecule is Cn1cnc(CCNCC(O)COCc2cccs2)n1. The van der Waals surface area contributed by atoms with Gasteiger partial charge in [0.05, 0.1) is 19.3 Å². The molecule has 1 unspecified atom stereocenters. The maximum absolute atomic E-state index is 9.76. The summed E-state index contributed by atoms with van der Waals surface area (Å²) in [5.74, 6) is 0.809. The number of nitrogens with zero attached hydrogens (tertiary/aromatic N) is 3. The Balaban J connectivity index is 1.50. The number of aromatic nitrogens is 3. The average Bonchev–Trinajstić information content (AvgIpc) is 3.06. The van der Waals surface area contributed by atoms with Gasteiger partial charge in [-0.05, 0) is 11.4 Å². The van der Waals surface area contributed by atoms with E-state index in [0.29, 0.717) is 19.8 Å². The van der Waals surface area contributed by atoms with Crippen molar-refractivity contribution in [2.45, 2.75) is 19.1 Å². The van der Waals surface area contributed by atoms with Gasteiger partial charge in [0.15, 0.2) is 5.82 Å². The van der Waals surface area contributed by atoms with Crippen LogP contribution in [0.15, 0.2) is 23.8 Å². The molecule has 0 aromatic carbocycles. The number of rotatable bonds is 9. The van der Waals surface area contributed by atoms with E-state index < -0.39 is 6.10 Å². The fraction of sp³-hybridized carbons (Fsp3) is 0.538. The van der Waals surface area contributed by atoms with Crippen LogP contribution in [0.2, 0.25) is 0 Å². The molecule has 7 heteroatoms. The Morgan fingerprint density at radius 1 is 1.55 bits per heavy atom. The van der Waals surface area contributed by atoms with Crippen molar-refractivity contribution in [3.63, 3.8) is 0 Å². The Labute approximate surface area is 122 Å². The first-order valence-corrected chi connectivity index (χ1v) is 7.45. The molecule has 1 atom stereocenters. The highest BCUT2D eigenvalue weighted by molar-refractivity contribution is 7.09. The van der Waals surface area contributed by atoms with Crippen LogP contribution in [0, 0.1) is 0 Å². The van der Waals surface area contributed by atoms with Gasteiger partial charge in [0, 0.05) is 31.4 Å². The third-order valence-electron chi connectivity index (χ3n) is 2.69. The standard InChI is InChI=1S/C13H20N4O2S/c1-17-10-15-13(16-17)4-5-14-7-11(18)8-19-9-12-3-2-6-20-12/h2-3,6,10-11,14,18H,4-5,7-9H2,1H3. The Bertz CT molecular complexity index is 486. The zero-order valence-corrected chi connectivity index (χ0v) is 12.3. The number of aliphatic hydroxyl groups is 1. The van der Waals surface area contributed by atoms with Crippen molar-refractivity contribution in [2.24, 2.45) is 7.05 Å². The van der Waals surface area contributed by atoms with E-state index in [-0.39, 0.29) is 0 Å². The van der Waals surface area contributed by atoms with E-state index in [1.165, 1.54) is 4.88 Å². The van der Waals surface area contributed by atoms with Crippen molar-refractivity contribution in [2.75, 3.05) is 19.7 Å². The van der Waals surface area contributed by atoms with Gasteiger partial charge < -0.3 is 15.2 Å². The second-order valence-corrected chi connectivity index (χ2v) is 5.57. The summed E-state index contributed by atoms with van der Waals surface area (Å²) < 4.78 is 7.13. The zero-order valence-electron chi connectivity index (χ0n) is 11.5. The van der Waals surface area contributed by atoms with Gasteiger partial charge in [-0.1, -0.05) is 6.07 Å². The molecule has 0 aliphatic carbocycles. The number of aryl methyl sites for hydroxylation is 1. The molecule has 0 aliphatic rings. The number of nitrogens with one attached hydrogen (secondary N) is 1. The molecule has 2 aromatic heterocycles. The third kappa shape index (κ3) is 5.38. The van der Waals surface area contributed by atoms with Crippen molar-refractivity contribution >= 4 is 11.3 Å². The summed E-state index contributed by atoms with van der Waals surface area (Å²) in [6, 6.07) is 4.02. The lowest BCUT2D eigenvalue weighted by molar-refractivity contribution is 0.0300. The van der Waals surface area contributed by atoms with Crippen LogP contribution in [0.5, 0.6) is 0 Å². The van der Waals surface area contributed by atoms with Crippen LogP contribution < -0.4 is 5.32 Å². The van der Waals surface area contributed by atoms with Gasteiger partial charge in [-0.3, -0.25) is 4.68 Å². The van der Waals surface area contributed by atoms with E-state index in [0.717, 1.165) is 18.8 Å². The topological polar surface area (TPSA) is 72.2 Å². The third-order valence-corrected chi connectivity index (χ3v) is 3.54. The lowest BCUT2D eigenvalue weighted by Crippen LogP contribution is -2.31. The molecule has 20 heavy (non-hydrogen) atoms. The second-order valence-electron chi connectivity index (χ2n) is 4.54. The Hall–Kier alpha value is -1.28. The molecular weight excluding hydrogens is 276 g/mol. The lowest BCUT2D eigenvalue weighted by atomic mass is 10.3. The predicted molar refractivity (Wildman–Crippen MR) is 77.6 cm³/mol. The van der Waals surface area contributed by atoms with Crippen molar-refractivity contribution in [1.82, 2.24) is 20.1 Å². The van der Waals surface area contributed by atoms with Gasteiger partial charge in [-0.2, -0.15) is 5.10 Å². The normalized spacial score (nSPS) is 12.7. The first-order valence-electron chi connectivity index (χ1n) is 6.57. The minimum atomic E-state index is -0.494. The maximum Gasteiger partial charge on any atom is 0.151 e. The average molecular weight is 296 g/mol. The fourth-order valence-electron chi connectivity index (χ4n) is 1.72. The Morgan fingerprint density at radius 2 is 2.45 bits per heavy atom. The van der Waals surface area contributed by atoms with Gasteiger partial charge in [-0.15, -0.1) is 11.3 Å². The van der Waals surface area contributed by atoms with E-state index in [1.807, 2.05) is 24.6 Å². The summed E-state index contributed by atoms with van der Waals surface area (Å²) in [5, 5.41) is 19.1. The van der Waals surface area contributed by atoms with E-state index in [1.54, 1.807) is 22.3 Å². The molecule has 2 rings (SSSR count). The minimum absolute atomic E-state index is 0.340. The quantitative estimate of drug-likeness (QED) is 0.663. The molecule has 0 radical (unpaired) electrons. The maximum atomic E-state index is 9.76. The number of thiophene rings is 1. The molecule has 0 aliphatic heterocycles.